The highest BCUT2D eigenvalue weighted by molar-refractivity contribution is 5.77. The summed E-state index contributed by atoms with van der Waals surface area (Å²) in [5, 5.41) is 0. The Labute approximate surface area is 108 Å². The van der Waals surface area contributed by atoms with Crippen molar-refractivity contribution in [3.8, 4) is 0 Å². The Hall–Kier alpha value is -1.14. The van der Waals surface area contributed by atoms with Gasteiger partial charge in [0.1, 0.15) is 0 Å². The number of hydrogen-bond donors (Lipinski definition) is 0. The average molecular weight is 262 g/mol. The van der Waals surface area contributed by atoms with Crippen molar-refractivity contribution < 1.29 is 28.5 Å². The lowest BCUT2D eigenvalue weighted by Gasteiger charge is -2.05. The molecule has 0 aromatic rings. The zero-order valence-electron chi connectivity index (χ0n) is 11.1. The molecule has 0 unspecified atom stereocenters. The van der Waals surface area contributed by atoms with Crippen LogP contribution in [0.15, 0.2) is 0 Å². The second-order valence-corrected chi connectivity index (χ2v) is 3.63. The molecule has 0 spiro atoms. The summed E-state index contributed by atoms with van der Waals surface area (Å²) in [7, 11) is 3.17. The number of methoxy groups -OCH3 is 2. The van der Waals surface area contributed by atoms with E-state index in [1.54, 1.807) is 14.2 Å². The summed E-state index contributed by atoms with van der Waals surface area (Å²) in [6.45, 7) is 1.73. The van der Waals surface area contributed by atoms with Gasteiger partial charge in [-0.05, 0) is 0 Å². The van der Waals surface area contributed by atoms with Gasteiger partial charge in [-0.1, -0.05) is 0 Å². The third-order valence-electron chi connectivity index (χ3n) is 2.04. The molecule has 0 N–H and O–H groups in total. The van der Waals surface area contributed by atoms with E-state index in [-0.39, 0.29) is 24.8 Å². The lowest BCUT2D eigenvalue weighted by atomic mass is 10.3. The van der Waals surface area contributed by atoms with Gasteiger partial charge in [0.2, 0.25) is 0 Å². The minimum atomic E-state index is -0.389. The number of ether oxygens (including phenoxy) is 4. The Balaban J connectivity index is 3.39. The van der Waals surface area contributed by atoms with Gasteiger partial charge in [0.15, 0.2) is 0 Å². The fourth-order valence-corrected chi connectivity index (χ4v) is 1.13. The standard InChI is InChI=1S/C12H22O6/c1-15-7-3-9-17-11(13)5-6-12(14)18-10-4-8-16-2/h3-10H2,1-2H3. The van der Waals surface area contributed by atoms with Crippen LogP contribution in [0.4, 0.5) is 0 Å². The molecule has 0 saturated carbocycles. The lowest BCUT2D eigenvalue weighted by Crippen LogP contribution is -2.12. The van der Waals surface area contributed by atoms with Crippen molar-refractivity contribution in [1.29, 1.82) is 0 Å². The predicted molar refractivity (Wildman–Crippen MR) is 64.1 cm³/mol. The summed E-state index contributed by atoms with van der Waals surface area (Å²) in [5.41, 5.74) is 0. The van der Waals surface area contributed by atoms with E-state index >= 15 is 0 Å². The molecular formula is C12H22O6. The largest absolute Gasteiger partial charge is 0.466 e. The average Bonchev–Trinajstić information content (AvgIpc) is 2.37. The minimum Gasteiger partial charge on any atom is -0.466 e. The fraction of sp³-hybridized carbons (Fsp3) is 0.833. The van der Waals surface area contributed by atoms with Crippen molar-refractivity contribution in [3.63, 3.8) is 0 Å². The maximum atomic E-state index is 11.2. The molecule has 0 amide bonds. The van der Waals surface area contributed by atoms with Gasteiger partial charge >= 0.3 is 11.9 Å². The van der Waals surface area contributed by atoms with E-state index in [0.717, 1.165) is 0 Å². The molecule has 0 atom stereocenters. The predicted octanol–water partition coefficient (Wildman–Crippen LogP) is 0.926. The number of carbonyl (C=O) groups excluding carboxylic acids is 2. The lowest BCUT2D eigenvalue weighted by molar-refractivity contribution is -0.150. The first-order chi connectivity index (χ1) is 8.70. The van der Waals surface area contributed by atoms with Crippen LogP contribution >= 0.6 is 0 Å². The van der Waals surface area contributed by atoms with Gasteiger partial charge in [0, 0.05) is 40.3 Å². The van der Waals surface area contributed by atoms with E-state index in [2.05, 4.69) is 0 Å². The molecule has 0 heterocycles. The maximum absolute atomic E-state index is 11.2. The van der Waals surface area contributed by atoms with Crippen LogP contribution in [0.2, 0.25) is 0 Å². The van der Waals surface area contributed by atoms with Gasteiger partial charge in [-0.2, -0.15) is 0 Å². The Morgan fingerprint density at radius 3 is 1.44 bits per heavy atom. The topological polar surface area (TPSA) is 71.1 Å². The Kier molecular flexibility index (Phi) is 11.5. The molecule has 0 aliphatic rings. The van der Waals surface area contributed by atoms with Crippen LogP contribution in [0.1, 0.15) is 25.7 Å². The van der Waals surface area contributed by atoms with Crippen LogP contribution in [-0.2, 0) is 28.5 Å². The Morgan fingerprint density at radius 1 is 0.722 bits per heavy atom. The quantitative estimate of drug-likeness (QED) is 0.407. The summed E-state index contributed by atoms with van der Waals surface area (Å²) < 4.78 is 19.4. The van der Waals surface area contributed by atoms with Crippen LogP contribution in [0.3, 0.4) is 0 Å². The van der Waals surface area contributed by atoms with Crippen LogP contribution in [-0.4, -0.2) is 52.6 Å². The molecule has 0 fully saturated rings. The van der Waals surface area contributed by atoms with Gasteiger partial charge in [-0.25, -0.2) is 0 Å². The Morgan fingerprint density at radius 2 is 1.11 bits per heavy atom. The molecule has 0 aromatic heterocycles. The molecule has 0 bridgehead atoms. The number of hydrogen-bond acceptors (Lipinski definition) is 6. The molecule has 0 aliphatic carbocycles. The zero-order chi connectivity index (χ0) is 13.6. The smallest absolute Gasteiger partial charge is 0.306 e. The SMILES string of the molecule is COCCCOC(=O)CCC(=O)OCCCOC. The van der Waals surface area contributed by atoms with Crippen molar-refractivity contribution in [2.75, 3.05) is 40.6 Å². The van der Waals surface area contributed by atoms with Crippen molar-refractivity contribution in [2.24, 2.45) is 0 Å². The van der Waals surface area contributed by atoms with E-state index in [4.69, 9.17) is 18.9 Å². The normalized spacial score (nSPS) is 10.1. The van der Waals surface area contributed by atoms with Crippen molar-refractivity contribution >= 4 is 11.9 Å². The zero-order valence-corrected chi connectivity index (χ0v) is 11.1. The molecule has 0 rings (SSSR count). The number of esters is 2. The highest BCUT2D eigenvalue weighted by atomic mass is 16.5. The summed E-state index contributed by atoms with van der Waals surface area (Å²) in [6.07, 6.45) is 1.42. The van der Waals surface area contributed by atoms with Crippen molar-refractivity contribution in [1.82, 2.24) is 0 Å². The highest BCUT2D eigenvalue weighted by Crippen LogP contribution is 1.97. The monoisotopic (exact) mass is 262 g/mol. The molecule has 0 aliphatic heterocycles. The van der Waals surface area contributed by atoms with Gasteiger partial charge in [0.25, 0.3) is 0 Å². The molecule has 6 nitrogen and oxygen atoms in total. The molecule has 0 aromatic carbocycles. The summed E-state index contributed by atoms with van der Waals surface area (Å²) >= 11 is 0. The summed E-state index contributed by atoms with van der Waals surface area (Å²) in [4.78, 5) is 22.4. The molecular weight excluding hydrogens is 240 g/mol. The van der Waals surface area contributed by atoms with Gasteiger partial charge in [-0.15, -0.1) is 0 Å². The molecule has 0 radical (unpaired) electrons. The minimum absolute atomic E-state index is 0.0517. The van der Waals surface area contributed by atoms with Crippen molar-refractivity contribution in [2.45, 2.75) is 25.7 Å². The van der Waals surface area contributed by atoms with Gasteiger partial charge < -0.3 is 18.9 Å². The third kappa shape index (κ3) is 11.3. The number of carbonyl (C=O) groups is 2. The van der Waals surface area contributed by atoms with E-state index in [9.17, 15) is 9.59 Å². The maximum Gasteiger partial charge on any atom is 0.306 e. The second kappa shape index (κ2) is 12.3. The molecule has 18 heavy (non-hydrogen) atoms. The summed E-state index contributed by atoms with van der Waals surface area (Å²) in [5.74, 6) is -0.778. The van der Waals surface area contributed by atoms with Crippen LogP contribution in [0.25, 0.3) is 0 Å². The van der Waals surface area contributed by atoms with E-state index < -0.39 is 0 Å². The first-order valence-corrected chi connectivity index (χ1v) is 5.99. The van der Waals surface area contributed by atoms with E-state index in [1.807, 2.05) is 0 Å². The second-order valence-electron chi connectivity index (χ2n) is 3.63. The van der Waals surface area contributed by atoms with Gasteiger partial charge in [0.05, 0.1) is 26.1 Å². The van der Waals surface area contributed by atoms with Gasteiger partial charge in [-0.3, -0.25) is 9.59 Å². The molecule has 106 valence electrons. The fourth-order valence-electron chi connectivity index (χ4n) is 1.13. The summed E-state index contributed by atoms with van der Waals surface area (Å²) in [6, 6.07) is 0. The Bertz CT molecular complexity index is 205. The third-order valence-corrected chi connectivity index (χ3v) is 2.04. The first-order valence-electron chi connectivity index (χ1n) is 5.99. The van der Waals surface area contributed by atoms with Crippen LogP contribution in [0, 0.1) is 0 Å². The highest BCUT2D eigenvalue weighted by Gasteiger charge is 2.08. The van der Waals surface area contributed by atoms with Crippen LogP contribution in [0.5, 0.6) is 0 Å². The van der Waals surface area contributed by atoms with Crippen molar-refractivity contribution in [3.05, 3.63) is 0 Å². The molecule has 6 heteroatoms. The molecule has 0 saturated heterocycles. The van der Waals surface area contributed by atoms with E-state index in [0.29, 0.717) is 39.3 Å². The van der Waals surface area contributed by atoms with Crippen LogP contribution < -0.4 is 0 Å². The van der Waals surface area contributed by atoms with E-state index in [1.165, 1.54) is 0 Å². The first kappa shape index (κ1) is 16.9. The number of rotatable bonds is 11.